The standard InChI is InChI=1S/C15H15F2NO/c1-10(2)18-12-4-6-13(7-5-12)19-15-9-11(16)3-8-14(15)17/h3-10,18H,1-2H3. The van der Waals surface area contributed by atoms with E-state index in [0.29, 0.717) is 11.8 Å². The normalized spacial score (nSPS) is 10.6. The minimum Gasteiger partial charge on any atom is -0.454 e. The van der Waals surface area contributed by atoms with Crippen molar-refractivity contribution in [3.05, 3.63) is 54.1 Å². The van der Waals surface area contributed by atoms with Gasteiger partial charge >= 0.3 is 0 Å². The van der Waals surface area contributed by atoms with E-state index < -0.39 is 11.6 Å². The van der Waals surface area contributed by atoms with Crippen molar-refractivity contribution < 1.29 is 13.5 Å². The molecule has 19 heavy (non-hydrogen) atoms. The lowest BCUT2D eigenvalue weighted by Gasteiger charge is -2.11. The Balaban J connectivity index is 2.13. The lowest BCUT2D eigenvalue weighted by Crippen LogP contribution is -2.09. The van der Waals surface area contributed by atoms with Gasteiger partial charge in [0, 0.05) is 17.8 Å². The first kappa shape index (κ1) is 13.3. The second-order valence-corrected chi connectivity index (χ2v) is 4.50. The van der Waals surface area contributed by atoms with Crippen LogP contribution >= 0.6 is 0 Å². The summed E-state index contributed by atoms with van der Waals surface area (Å²) in [6.45, 7) is 4.07. The maximum Gasteiger partial charge on any atom is 0.165 e. The number of hydrogen-bond donors (Lipinski definition) is 1. The monoisotopic (exact) mass is 263 g/mol. The van der Waals surface area contributed by atoms with Crippen molar-refractivity contribution in [3.63, 3.8) is 0 Å². The molecule has 2 aromatic rings. The molecule has 0 unspecified atom stereocenters. The summed E-state index contributed by atoms with van der Waals surface area (Å²) in [5.41, 5.74) is 0.946. The number of benzene rings is 2. The zero-order chi connectivity index (χ0) is 13.8. The topological polar surface area (TPSA) is 21.3 Å². The summed E-state index contributed by atoms with van der Waals surface area (Å²) in [5, 5.41) is 3.23. The minimum absolute atomic E-state index is 0.121. The number of hydrogen-bond acceptors (Lipinski definition) is 2. The highest BCUT2D eigenvalue weighted by atomic mass is 19.1. The van der Waals surface area contributed by atoms with E-state index in [1.807, 2.05) is 26.0 Å². The number of ether oxygens (including phenoxy) is 1. The quantitative estimate of drug-likeness (QED) is 0.872. The lowest BCUT2D eigenvalue weighted by molar-refractivity contribution is 0.436. The van der Waals surface area contributed by atoms with Gasteiger partial charge in [0.25, 0.3) is 0 Å². The van der Waals surface area contributed by atoms with E-state index in [2.05, 4.69) is 5.32 Å². The zero-order valence-electron chi connectivity index (χ0n) is 10.8. The Morgan fingerprint density at radius 3 is 2.32 bits per heavy atom. The van der Waals surface area contributed by atoms with E-state index in [1.54, 1.807) is 12.1 Å². The molecule has 0 saturated heterocycles. The van der Waals surface area contributed by atoms with Crippen LogP contribution in [0.15, 0.2) is 42.5 Å². The number of anilines is 1. The summed E-state index contributed by atoms with van der Waals surface area (Å²) < 4.78 is 31.7. The highest BCUT2D eigenvalue weighted by molar-refractivity contribution is 5.47. The Labute approximate surface area is 111 Å². The molecule has 0 aliphatic heterocycles. The van der Waals surface area contributed by atoms with Crippen LogP contribution in [-0.4, -0.2) is 6.04 Å². The van der Waals surface area contributed by atoms with Crippen LogP contribution in [0.2, 0.25) is 0 Å². The van der Waals surface area contributed by atoms with Crippen LogP contribution in [0, 0.1) is 11.6 Å². The van der Waals surface area contributed by atoms with Gasteiger partial charge in [0.15, 0.2) is 11.6 Å². The number of halogens is 2. The van der Waals surface area contributed by atoms with E-state index in [0.717, 1.165) is 23.9 Å². The first-order chi connectivity index (χ1) is 9.04. The summed E-state index contributed by atoms with van der Waals surface area (Å²) in [5.74, 6) is -0.788. The predicted octanol–water partition coefficient (Wildman–Crippen LogP) is 4.58. The maximum absolute atomic E-state index is 13.4. The molecule has 100 valence electrons. The highest BCUT2D eigenvalue weighted by Gasteiger charge is 2.06. The fraction of sp³-hybridized carbons (Fsp3) is 0.200. The average molecular weight is 263 g/mol. The van der Waals surface area contributed by atoms with E-state index >= 15 is 0 Å². The lowest BCUT2D eigenvalue weighted by atomic mass is 10.2. The molecule has 0 radical (unpaired) electrons. The molecular weight excluding hydrogens is 248 g/mol. The Hall–Kier alpha value is -2.10. The third-order valence-corrected chi connectivity index (χ3v) is 2.43. The Bertz CT molecular complexity index is 553. The molecule has 2 aromatic carbocycles. The SMILES string of the molecule is CC(C)Nc1ccc(Oc2cc(F)ccc2F)cc1. The van der Waals surface area contributed by atoms with Gasteiger partial charge in [-0.2, -0.15) is 0 Å². The van der Waals surface area contributed by atoms with Crippen LogP contribution in [0.5, 0.6) is 11.5 Å². The van der Waals surface area contributed by atoms with Gasteiger partial charge < -0.3 is 10.1 Å². The molecule has 0 bridgehead atoms. The predicted molar refractivity (Wildman–Crippen MR) is 71.6 cm³/mol. The number of rotatable bonds is 4. The van der Waals surface area contributed by atoms with E-state index in [-0.39, 0.29) is 5.75 Å². The molecule has 0 amide bonds. The largest absolute Gasteiger partial charge is 0.454 e. The van der Waals surface area contributed by atoms with E-state index in [1.165, 1.54) is 0 Å². The highest BCUT2D eigenvalue weighted by Crippen LogP contribution is 2.26. The molecule has 0 saturated carbocycles. The molecule has 0 heterocycles. The van der Waals surface area contributed by atoms with Gasteiger partial charge in [0.05, 0.1) is 0 Å². The third kappa shape index (κ3) is 3.68. The van der Waals surface area contributed by atoms with Crippen molar-refractivity contribution in [1.82, 2.24) is 0 Å². The summed E-state index contributed by atoms with van der Waals surface area (Å²) in [6, 6.07) is 10.5. The molecule has 1 N–H and O–H groups in total. The number of nitrogens with one attached hydrogen (secondary N) is 1. The molecule has 2 rings (SSSR count). The average Bonchev–Trinajstić information content (AvgIpc) is 2.35. The molecule has 0 aliphatic rings. The molecule has 0 atom stereocenters. The molecule has 4 heteroatoms. The summed E-state index contributed by atoms with van der Waals surface area (Å²) in [6.07, 6.45) is 0. The first-order valence-electron chi connectivity index (χ1n) is 6.04. The molecule has 0 fully saturated rings. The van der Waals surface area contributed by atoms with Crippen molar-refractivity contribution in [2.75, 3.05) is 5.32 Å². The Kier molecular flexibility index (Phi) is 4.00. The zero-order valence-corrected chi connectivity index (χ0v) is 10.8. The second-order valence-electron chi connectivity index (χ2n) is 4.50. The van der Waals surface area contributed by atoms with Crippen LogP contribution in [0.1, 0.15) is 13.8 Å². The first-order valence-corrected chi connectivity index (χ1v) is 6.04. The van der Waals surface area contributed by atoms with Crippen LogP contribution < -0.4 is 10.1 Å². The smallest absolute Gasteiger partial charge is 0.165 e. The molecule has 0 spiro atoms. The van der Waals surface area contributed by atoms with Crippen LogP contribution in [0.3, 0.4) is 0 Å². The van der Waals surface area contributed by atoms with Crippen molar-refractivity contribution in [1.29, 1.82) is 0 Å². The van der Waals surface area contributed by atoms with E-state index in [4.69, 9.17) is 4.74 Å². The van der Waals surface area contributed by atoms with Gasteiger partial charge in [-0.05, 0) is 50.2 Å². The summed E-state index contributed by atoms with van der Waals surface area (Å²) >= 11 is 0. The Morgan fingerprint density at radius 1 is 1.00 bits per heavy atom. The molecule has 0 aliphatic carbocycles. The van der Waals surface area contributed by atoms with Gasteiger partial charge in [-0.3, -0.25) is 0 Å². The molecule has 2 nitrogen and oxygen atoms in total. The van der Waals surface area contributed by atoms with Crippen molar-refractivity contribution in [2.45, 2.75) is 19.9 Å². The van der Waals surface area contributed by atoms with Crippen LogP contribution in [0.4, 0.5) is 14.5 Å². The van der Waals surface area contributed by atoms with Gasteiger partial charge in [-0.1, -0.05) is 0 Å². The fourth-order valence-electron chi connectivity index (χ4n) is 1.63. The van der Waals surface area contributed by atoms with Gasteiger partial charge in [-0.25, -0.2) is 8.78 Å². The third-order valence-electron chi connectivity index (χ3n) is 2.43. The Morgan fingerprint density at radius 2 is 1.68 bits per heavy atom. The van der Waals surface area contributed by atoms with Crippen molar-refractivity contribution in [2.24, 2.45) is 0 Å². The van der Waals surface area contributed by atoms with Crippen LogP contribution in [-0.2, 0) is 0 Å². The van der Waals surface area contributed by atoms with Crippen molar-refractivity contribution in [3.8, 4) is 11.5 Å². The molecular formula is C15H15F2NO. The summed E-state index contributed by atoms with van der Waals surface area (Å²) in [4.78, 5) is 0. The maximum atomic E-state index is 13.4. The van der Waals surface area contributed by atoms with Gasteiger partial charge in [-0.15, -0.1) is 0 Å². The van der Waals surface area contributed by atoms with Crippen LogP contribution in [0.25, 0.3) is 0 Å². The molecule has 0 aromatic heterocycles. The second kappa shape index (κ2) is 5.69. The van der Waals surface area contributed by atoms with Crippen molar-refractivity contribution >= 4 is 5.69 Å². The minimum atomic E-state index is -0.592. The fourth-order valence-corrected chi connectivity index (χ4v) is 1.63. The van der Waals surface area contributed by atoms with E-state index in [9.17, 15) is 8.78 Å². The van der Waals surface area contributed by atoms with Gasteiger partial charge in [0.2, 0.25) is 0 Å². The summed E-state index contributed by atoms with van der Waals surface area (Å²) in [7, 11) is 0. The van der Waals surface area contributed by atoms with Gasteiger partial charge in [0.1, 0.15) is 11.6 Å².